The number of β-amino-alcohol motifs (C(OH)–C–C–N with tert-alkyl or cyclic N) is 1. The number of benzene rings is 1. The van der Waals surface area contributed by atoms with E-state index >= 15 is 0 Å². The van der Waals surface area contributed by atoms with Crippen molar-refractivity contribution in [1.29, 1.82) is 0 Å². The summed E-state index contributed by atoms with van der Waals surface area (Å²) in [5, 5.41) is 12.7. The van der Waals surface area contributed by atoms with Gasteiger partial charge in [-0.1, -0.05) is 29.8 Å². The van der Waals surface area contributed by atoms with Crippen molar-refractivity contribution in [3.05, 3.63) is 40.5 Å². The van der Waals surface area contributed by atoms with Crippen LogP contribution in [0.4, 0.5) is 0 Å². The van der Waals surface area contributed by atoms with Crippen LogP contribution in [-0.2, 0) is 4.79 Å². The Labute approximate surface area is 139 Å². The summed E-state index contributed by atoms with van der Waals surface area (Å²) in [6.07, 6.45) is 4.31. The third-order valence-electron chi connectivity index (χ3n) is 4.59. The van der Waals surface area contributed by atoms with Crippen LogP contribution in [0.15, 0.2) is 18.2 Å². The van der Waals surface area contributed by atoms with Crippen LogP contribution in [-0.4, -0.2) is 48.7 Å². The van der Waals surface area contributed by atoms with Crippen molar-refractivity contribution < 1.29 is 9.90 Å². The summed E-state index contributed by atoms with van der Waals surface area (Å²) in [6, 6.07) is 4.40. The molecule has 2 N–H and O–H groups in total. The lowest BCUT2D eigenvalue weighted by atomic mass is 9.99. The minimum absolute atomic E-state index is 0.00246. The molecule has 126 valence electrons. The first kappa shape index (κ1) is 17.7. The van der Waals surface area contributed by atoms with E-state index in [0.717, 1.165) is 13.1 Å². The molecule has 1 aliphatic rings. The first-order valence-electron chi connectivity index (χ1n) is 8.26. The van der Waals surface area contributed by atoms with E-state index in [0.29, 0.717) is 13.0 Å². The molecular formula is C19H28N2O2. The molecule has 1 aromatic rings. The summed E-state index contributed by atoms with van der Waals surface area (Å²) in [5.74, 6) is 0.0311. The topological polar surface area (TPSA) is 52.6 Å². The number of carbonyl (C=O) groups is 1. The molecule has 4 heteroatoms. The molecule has 2 rings (SSSR count). The average Bonchev–Trinajstić information content (AvgIpc) is 2.81. The molecule has 23 heavy (non-hydrogen) atoms. The van der Waals surface area contributed by atoms with Crippen LogP contribution in [0.3, 0.4) is 0 Å². The molecule has 0 spiro atoms. The van der Waals surface area contributed by atoms with Crippen molar-refractivity contribution in [2.45, 2.75) is 33.3 Å². The number of carbonyl (C=O) groups excluding carboxylic acids is 1. The van der Waals surface area contributed by atoms with E-state index in [2.05, 4.69) is 55.3 Å². The third-order valence-corrected chi connectivity index (χ3v) is 4.59. The first-order chi connectivity index (χ1) is 10.9. The predicted octanol–water partition coefficient (Wildman–Crippen LogP) is 2.05. The molecule has 4 nitrogen and oxygen atoms in total. The number of amides is 1. The van der Waals surface area contributed by atoms with E-state index in [1.54, 1.807) is 7.05 Å². The molecule has 0 unspecified atom stereocenters. The van der Waals surface area contributed by atoms with Crippen molar-refractivity contribution in [3.8, 4) is 0 Å². The van der Waals surface area contributed by atoms with Crippen LogP contribution in [0.2, 0.25) is 0 Å². The molecule has 2 atom stereocenters. The fourth-order valence-corrected chi connectivity index (χ4v) is 3.41. The maximum Gasteiger partial charge on any atom is 0.220 e. The Morgan fingerprint density at radius 3 is 2.57 bits per heavy atom. The number of aryl methyl sites for hydroxylation is 3. The SMILES string of the molecule is CNC(=O)C[C@@H]1CN(C/C=C/c2c(C)cc(C)cc2C)C[C@H]1O. The molecule has 0 aromatic heterocycles. The highest BCUT2D eigenvalue weighted by Crippen LogP contribution is 2.21. The average molecular weight is 316 g/mol. The van der Waals surface area contributed by atoms with E-state index in [4.69, 9.17) is 0 Å². The lowest BCUT2D eigenvalue weighted by Crippen LogP contribution is -2.27. The second-order valence-electron chi connectivity index (χ2n) is 6.64. The third kappa shape index (κ3) is 4.66. The first-order valence-corrected chi connectivity index (χ1v) is 8.26. The minimum Gasteiger partial charge on any atom is -0.391 e. The number of nitrogens with one attached hydrogen (secondary N) is 1. The lowest BCUT2D eigenvalue weighted by molar-refractivity contribution is -0.122. The maximum atomic E-state index is 11.5. The monoisotopic (exact) mass is 316 g/mol. The van der Waals surface area contributed by atoms with Crippen molar-refractivity contribution in [2.75, 3.05) is 26.7 Å². The molecule has 0 radical (unpaired) electrons. The van der Waals surface area contributed by atoms with E-state index in [1.165, 1.54) is 22.3 Å². The molecule has 1 aliphatic heterocycles. The van der Waals surface area contributed by atoms with Gasteiger partial charge in [-0.05, 0) is 37.5 Å². The summed E-state index contributed by atoms with van der Waals surface area (Å²) >= 11 is 0. The van der Waals surface area contributed by atoms with Crippen LogP contribution >= 0.6 is 0 Å². The van der Waals surface area contributed by atoms with Gasteiger partial charge in [-0.15, -0.1) is 0 Å². The summed E-state index contributed by atoms with van der Waals surface area (Å²) in [7, 11) is 1.64. The zero-order chi connectivity index (χ0) is 17.0. The largest absolute Gasteiger partial charge is 0.391 e. The highest BCUT2D eigenvalue weighted by atomic mass is 16.3. The normalized spacial score (nSPS) is 22.0. The number of nitrogens with zero attached hydrogens (tertiary/aromatic N) is 1. The van der Waals surface area contributed by atoms with Gasteiger partial charge in [0.05, 0.1) is 6.10 Å². The Morgan fingerprint density at radius 1 is 1.30 bits per heavy atom. The molecule has 1 heterocycles. The van der Waals surface area contributed by atoms with Crippen molar-refractivity contribution in [1.82, 2.24) is 10.2 Å². The van der Waals surface area contributed by atoms with Crippen molar-refractivity contribution in [2.24, 2.45) is 5.92 Å². The molecule has 0 bridgehead atoms. The molecule has 1 aromatic carbocycles. The molecule has 1 fully saturated rings. The molecule has 1 amide bonds. The Balaban J connectivity index is 1.93. The molecule has 0 aliphatic carbocycles. The van der Waals surface area contributed by atoms with Gasteiger partial charge in [-0.3, -0.25) is 9.69 Å². The zero-order valence-electron chi connectivity index (χ0n) is 14.6. The van der Waals surface area contributed by atoms with E-state index in [1.807, 2.05) is 0 Å². The number of likely N-dealkylation sites (tertiary alicyclic amines) is 1. The van der Waals surface area contributed by atoms with Gasteiger partial charge in [0.25, 0.3) is 0 Å². The summed E-state index contributed by atoms with van der Waals surface area (Å²) < 4.78 is 0. The minimum atomic E-state index is -0.413. The Hall–Kier alpha value is -1.65. The summed E-state index contributed by atoms with van der Waals surface area (Å²) in [5.41, 5.74) is 5.14. The maximum absolute atomic E-state index is 11.5. The van der Waals surface area contributed by atoms with Crippen LogP contribution in [0, 0.1) is 26.7 Å². The van der Waals surface area contributed by atoms with E-state index < -0.39 is 6.10 Å². The number of hydrogen-bond acceptors (Lipinski definition) is 3. The summed E-state index contributed by atoms with van der Waals surface area (Å²) in [4.78, 5) is 13.7. The lowest BCUT2D eigenvalue weighted by Gasteiger charge is -2.13. The number of rotatable bonds is 5. The van der Waals surface area contributed by atoms with Gasteiger partial charge in [0.15, 0.2) is 0 Å². The fraction of sp³-hybridized carbons (Fsp3) is 0.526. The van der Waals surface area contributed by atoms with E-state index in [9.17, 15) is 9.90 Å². The van der Waals surface area contributed by atoms with Crippen molar-refractivity contribution >= 4 is 12.0 Å². The predicted molar refractivity (Wildman–Crippen MR) is 94.3 cm³/mol. The van der Waals surface area contributed by atoms with E-state index in [-0.39, 0.29) is 11.8 Å². The van der Waals surface area contributed by atoms with Crippen LogP contribution in [0.5, 0.6) is 0 Å². The van der Waals surface area contributed by atoms with Gasteiger partial charge in [0.1, 0.15) is 0 Å². The van der Waals surface area contributed by atoms with Crippen LogP contribution in [0.25, 0.3) is 6.08 Å². The van der Waals surface area contributed by atoms with Gasteiger partial charge < -0.3 is 10.4 Å². The fourth-order valence-electron chi connectivity index (χ4n) is 3.41. The molecular weight excluding hydrogens is 288 g/mol. The van der Waals surface area contributed by atoms with Gasteiger partial charge in [-0.25, -0.2) is 0 Å². The Kier molecular flexibility index (Phi) is 5.97. The second kappa shape index (κ2) is 7.75. The van der Waals surface area contributed by atoms with Crippen LogP contribution < -0.4 is 5.32 Å². The quantitative estimate of drug-likeness (QED) is 0.874. The zero-order valence-corrected chi connectivity index (χ0v) is 14.6. The van der Waals surface area contributed by atoms with Gasteiger partial charge in [0.2, 0.25) is 5.91 Å². The highest BCUT2D eigenvalue weighted by Gasteiger charge is 2.31. The number of aliphatic hydroxyl groups excluding tert-OH is 1. The molecule has 0 saturated carbocycles. The van der Waals surface area contributed by atoms with Crippen LogP contribution in [0.1, 0.15) is 28.7 Å². The van der Waals surface area contributed by atoms with Gasteiger partial charge in [0, 0.05) is 39.0 Å². The Morgan fingerprint density at radius 2 is 1.96 bits per heavy atom. The number of aliphatic hydroxyl groups is 1. The van der Waals surface area contributed by atoms with Crippen molar-refractivity contribution in [3.63, 3.8) is 0 Å². The second-order valence-corrected chi connectivity index (χ2v) is 6.64. The number of hydrogen-bond donors (Lipinski definition) is 2. The molecule has 1 saturated heterocycles. The highest BCUT2D eigenvalue weighted by molar-refractivity contribution is 5.75. The summed E-state index contributed by atoms with van der Waals surface area (Å²) in [6.45, 7) is 8.60. The standard InChI is InChI=1S/C19H28N2O2/c1-13-8-14(2)17(15(3)9-13)6-5-7-21-11-16(18(22)12-21)10-19(23)20-4/h5-6,8-9,16,18,22H,7,10-12H2,1-4H3,(H,20,23)/b6-5+/t16-,18-/m1/s1. The van der Waals surface area contributed by atoms with Gasteiger partial charge in [-0.2, -0.15) is 0 Å². The van der Waals surface area contributed by atoms with Gasteiger partial charge >= 0.3 is 0 Å². The Bertz CT molecular complexity index is 572. The smallest absolute Gasteiger partial charge is 0.220 e.